The number of carbonyl (C=O) groups excluding carboxylic acids is 1. The minimum atomic E-state index is -0.321. The van der Waals surface area contributed by atoms with E-state index in [9.17, 15) is 4.79 Å². The Balaban J connectivity index is 1.45. The number of piperidine rings is 1. The summed E-state index contributed by atoms with van der Waals surface area (Å²) in [6.45, 7) is 0. The number of aliphatic imine (C=N–C) groups is 1. The third-order valence-electron chi connectivity index (χ3n) is 5.23. The molecule has 21 heavy (non-hydrogen) atoms. The predicted octanol–water partition coefficient (Wildman–Crippen LogP) is 2.65. The standard InChI is InChI=1S/C17H20N2O2/c1-19-11-6-7-12(19)9-13(8-11)21-17(20)15-10-18-16-5-3-2-4-14(15)16/h2-5,10-13,15H,6-9H2,1H3/t11-,12+,13?,15-/m0/s1. The number of benzene rings is 1. The Morgan fingerprint density at radius 2 is 1.95 bits per heavy atom. The topological polar surface area (TPSA) is 41.9 Å². The van der Waals surface area contributed by atoms with Crippen molar-refractivity contribution in [1.82, 2.24) is 4.90 Å². The molecule has 0 N–H and O–H groups in total. The van der Waals surface area contributed by atoms with Crippen LogP contribution < -0.4 is 0 Å². The summed E-state index contributed by atoms with van der Waals surface area (Å²) in [5.41, 5.74) is 1.86. The number of nitrogens with zero attached hydrogens (tertiary/aromatic N) is 2. The van der Waals surface area contributed by atoms with Crippen molar-refractivity contribution < 1.29 is 9.53 Å². The van der Waals surface area contributed by atoms with E-state index in [2.05, 4.69) is 16.9 Å². The van der Waals surface area contributed by atoms with Crippen molar-refractivity contribution in [2.75, 3.05) is 7.05 Å². The molecule has 0 aromatic heterocycles. The highest BCUT2D eigenvalue weighted by molar-refractivity contribution is 6.01. The van der Waals surface area contributed by atoms with Gasteiger partial charge in [-0.15, -0.1) is 0 Å². The first-order valence-electron chi connectivity index (χ1n) is 7.78. The fraction of sp³-hybridized carbons (Fsp3) is 0.529. The van der Waals surface area contributed by atoms with Crippen LogP contribution in [0.5, 0.6) is 0 Å². The Morgan fingerprint density at radius 1 is 1.24 bits per heavy atom. The number of fused-ring (bicyclic) bond motifs is 3. The van der Waals surface area contributed by atoms with Crippen molar-refractivity contribution in [3.05, 3.63) is 29.8 Å². The Morgan fingerprint density at radius 3 is 2.71 bits per heavy atom. The summed E-state index contributed by atoms with van der Waals surface area (Å²) >= 11 is 0. The summed E-state index contributed by atoms with van der Waals surface area (Å²) < 4.78 is 5.80. The molecule has 2 fully saturated rings. The molecule has 4 nitrogen and oxygen atoms in total. The summed E-state index contributed by atoms with van der Waals surface area (Å²) in [7, 11) is 2.19. The van der Waals surface area contributed by atoms with E-state index >= 15 is 0 Å². The highest BCUT2D eigenvalue weighted by Crippen LogP contribution is 2.37. The molecule has 1 unspecified atom stereocenters. The molecule has 0 spiro atoms. The van der Waals surface area contributed by atoms with Gasteiger partial charge in [-0.05, 0) is 44.4 Å². The number of para-hydroxylation sites is 1. The zero-order valence-corrected chi connectivity index (χ0v) is 12.2. The smallest absolute Gasteiger partial charge is 0.319 e. The van der Waals surface area contributed by atoms with Crippen LogP contribution in [0.4, 0.5) is 5.69 Å². The Labute approximate surface area is 124 Å². The van der Waals surface area contributed by atoms with Crippen LogP contribution in [0.15, 0.2) is 29.3 Å². The van der Waals surface area contributed by atoms with Crippen molar-refractivity contribution in [3.8, 4) is 0 Å². The number of hydrogen-bond acceptors (Lipinski definition) is 4. The summed E-state index contributed by atoms with van der Waals surface area (Å²) in [5, 5.41) is 0. The zero-order valence-electron chi connectivity index (χ0n) is 12.2. The molecule has 1 aromatic carbocycles. The fourth-order valence-corrected chi connectivity index (χ4v) is 3.99. The lowest BCUT2D eigenvalue weighted by Gasteiger charge is -2.36. The van der Waals surface area contributed by atoms with Crippen molar-refractivity contribution >= 4 is 17.9 Å². The summed E-state index contributed by atoms with van der Waals surface area (Å²) in [5.74, 6) is -0.462. The quantitative estimate of drug-likeness (QED) is 0.784. The minimum absolute atomic E-state index is 0.0763. The van der Waals surface area contributed by atoms with Crippen molar-refractivity contribution in [1.29, 1.82) is 0 Å². The third kappa shape index (κ3) is 2.18. The van der Waals surface area contributed by atoms with Gasteiger partial charge in [-0.25, -0.2) is 0 Å². The summed E-state index contributed by atoms with van der Waals surface area (Å²) in [6.07, 6.45) is 6.23. The monoisotopic (exact) mass is 284 g/mol. The lowest BCUT2D eigenvalue weighted by atomic mass is 9.99. The lowest BCUT2D eigenvalue weighted by Crippen LogP contribution is -2.43. The van der Waals surface area contributed by atoms with Gasteiger partial charge in [0.2, 0.25) is 0 Å². The summed E-state index contributed by atoms with van der Waals surface area (Å²) in [4.78, 5) is 19.2. The van der Waals surface area contributed by atoms with Gasteiger partial charge in [-0.1, -0.05) is 18.2 Å². The summed E-state index contributed by atoms with van der Waals surface area (Å²) in [6, 6.07) is 8.97. The van der Waals surface area contributed by atoms with E-state index in [1.165, 1.54) is 12.8 Å². The van der Waals surface area contributed by atoms with E-state index in [0.717, 1.165) is 24.1 Å². The Bertz CT molecular complexity index is 584. The van der Waals surface area contributed by atoms with Crippen molar-refractivity contribution in [3.63, 3.8) is 0 Å². The number of hydrogen-bond donors (Lipinski definition) is 0. The van der Waals surface area contributed by atoms with Gasteiger partial charge < -0.3 is 9.64 Å². The van der Waals surface area contributed by atoms with Gasteiger partial charge in [0.15, 0.2) is 0 Å². The Kier molecular flexibility index (Phi) is 3.07. The number of rotatable bonds is 2. The van der Waals surface area contributed by atoms with Crippen LogP contribution in [0.3, 0.4) is 0 Å². The first-order chi connectivity index (χ1) is 10.2. The van der Waals surface area contributed by atoms with Crippen molar-refractivity contribution in [2.24, 2.45) is 4.99 Å². The van der Waals surface area contributed by atoms with Crippen LogP contribution in [-0.4, -0.2) is 42.3 Å². The maximum absolute atomic E-state index is 12.5. The number of carbonyl (C=O) groups is 1. The number of ether oxygens (including phenoxy) is 1. The van der Waals surface area contributed by atoms with E-state index < -0.39 is 0 Å². The molecule has 0 radical (unpaired) electrons. The molecule has 110 valence electrons. The van der Waals surface area contributed by atoms with Crippen LogP contribution in [0.2, 0.25) is 0 Å². The highest BCUT2D eigenvalue weighted by Gasteiger charge is 2.40. The maximum atomic E-state index is 12.5. The van der Waals surface area contributed by atoms with Gasteiger partial charge >= 0.3 is 5.97 Å². The molecule has 3 heterocycles. The third-order valence-corrected chi connectivity index (χ3v) is 5.23. The van der Waals surface area contributed by atoms with Gasteiger partial charge in [0.05, 0.1) is 5.69 Å². The van der Waals surface area contributed by atoms with Crippen LogP contribution >= 0.6 is 0 Å². The molecule has 4 heteroatoms. The predicted molar refractivity (Wildman–Crippen MR) is 81.0 cm³/mol. The van der Waals surface area contributed by atoms with E-state index in [0.29, 0.717) is 12.1 Å². The Hall–Kier alpha value is -1.68. The van der Waals surface area contributed by atoms with E-state index in [1.807, 2.05) is 24.3 Å². The van der Waals surface area contributed by atoms with Crippen LogP contribution in [0.1, 0.15) is 37.2 Å². The molecule has 4 atom stereocenters. The molecular weight excluding hydrogens is 264 g/mol. The van der Waals surface area contributed by atoms with Gasteiger partial charge in [0.25, 0.3) is 0 Å². The molecule has 3 aliphatic heterocycles. The van der Waals surface area contributed by atoms with E-state index in [1.54, 1.807) is 6.21 Å². The molecule has 3 aliphatic rings. The molecule has 0 amide bonds. The fourth-order valence-electron chi connectivity index (χ4n) is 3.99. The first-order valence-corrected chi connectivity index (χ1v) is 7.78. The van der Waals surface area contributed by atoms with E-state index in [4.69, 9.17) is 4.74 Å². The van der Waals surface area contributed by atoms with Crippen LogP contribution in [0.25, 0.3) is 0 Å². The second-order valence-electron chi connectivity index (χ2n) is 6.40. The van der Waals surface area contributed by atoms with Crippen LogP contribution in [-0.2, 0) is 9.53 Å². The van der Waals surface area contributed by atoms with Gasteiger partial charge in [-0.2, -0.15) is 0 Å². The molecule has 0 saturated carbocycles. The average molecular weight is 284 g/mol. The zero-order chi connectivity index (χ0) is 14.4. The number of esters is 1. The maximum Gasteiger partial charge on any atom is 0.319 e. The molecule has 2 bridgehead atoms. The van der Waals surface area contributed by atoms with E-state index in [-0.39, 0.29) is 18.0 Å². The largest absolute Gasteiger partial charge is 0.462 e. The van der Waals surface area contributed by atoms with Crippen LogP contribution in [0, 0.1) is 0 Å². The minimum Gasteiger partial charge on any atom is -0.462 e. The molecule has 4 rings (SSSR count). The van der Waals surface area contributed by atoms with Gasteiger partial charge in [0.1, 0.15) is 12.0 Å². The normalized spacial score (nSPS) is 34.0. The second kappa shape index (κ2) is 4.95. The van der Waals surface area contributed by atoms with Gasteiger partial charge in [0, 0.05) is 18.3 Å². The lowest BCUT2D eigenvalue weighted by molar-refractivity contribution is -0.152. The molecule has 1 aromatic rings. The SMILES string of the molecule is CN1[C@@H]2CC[C@H]1CC(OC(=O)[C@H]1C=Nc3ccccc31)C2. The van der Waals surface area contributed by atoms with Gasteiger partial charge in [-0.3, -0.25) is 9.79 Å². The first kappa shape index (κ1) is 13.0. The molecule has 0 aliphatic carbocycles. The molecule has 2 saturated heterocycles. The van der Waals surface area contributed by atoms with Crippen molar-refractivity contribution in [2.45, 2.75) is 49.8 Å². The molecular formula is C17H20N2O2. The highest BCUT2D eigenvalue weighted by atomic mass is 16.5. The average Bonchev–Trinajstić information content (AvgIpc) is 2.98. The second-order valence-corrected chi connectivity index (χ2v) is 6.40.